The lowest BCUT2D eigenvalue weighted by atomic mass is 9.80. The second kappa shape index (κ2) is 5.50. The van der Waals surface area contributed by atoms with Crippen LogP contribution in [0, 0.1) is 11.8 Å². The zero-order valence-electron chi connectivity index (χ0n) is 11.0. The number of nitrogens with zero attached hydrogens (tertiary/aromatic N) is 1. The van der Waals surface area contributed by atoms with Gasteiger partial charge in [0, 0.05) is 12.1 Å². The molecule has 2 fully saturated rings. The van der Waals surface area contributed by atoms with Crippen LogP contribution in [0.25, 0.3) is 0 Å². The van der Waals surface area contributed by atoms with Gasteiger partial charge in [-0.05, 0) is 57.0 Å². The van der Waals surface area contributed by atoms with E-state index in [9.17, 15) is 0 Å². The molecule has 0 radical (unpaired) electrons. The molecule has 2 heteroatoms. The molecular weight excluding hydrogens is 196 g/mol. The van der Waals surface area contributed by atoms with Crippen LogP contribution in [-0.4, -0.2) is 30.1 Å². The predicted molar refractivity (Wildman–Crippen MR) is 69.4 cm³/mol. The zero-order chi connectivity index (χ0) is 11.5. The maximum Gasteiger partial charge on any atom is 0.0249 e. The Balaban J connectivity index is 1.90. The van der Waals surface area contributed by atoms with Crippen molar-refractivity contribution in [2.45, 2.75) is 64.5 Å². The average molecular weight is 224 g/mol. The quantitative estimate of drug-likeness (QED) is 0.781. The van der Waals surface area contributed by atoms with E-state index in [1.54, 1.807) is 0 Å². The Hall–Kier alpha value is -0.0800. The van der Waals surface area contributed by atoms with Crippen LogP contribution in [0.15, 0.2) is 0 Å². The third-order valence-electron chi connectivity index (χ3n) is 4.84. The Bertz CT molecular complexity index is 209. The first kappa shape index (κ1) is 12.4. The Kier molecular flexibility index (Phi) is 4.26. The molecule has 0 aromatic carbocycles. The van der Waals surface area contributed by atoms with Crippen LogP contribution in [0.2, 0.25) is 0 Å². The molecule has 2 nitrogen and oxygen atoms in total. The highest BCUT2D eigenvalue weighted by Crippen LogP contribution is 2.31. The Morgan fingerprint density at radius 2 is 1.81 bits per heavy atom. The Labute approximate surface area is 101 Å². The summed E-state index contributed by atoms with van der Waals surface area (Å²) in [4.78, 5) is 2.69. The molecule has 0 bridgehead atoms. The van der Waals surface area contributed by atoms with E-state index in [0.29, 0.717) is 12.1 Å². The van der Waals surface area contributed by atoms with E-state index >= 15 is 0 Å². The first-order valence-corrected chi connectivity index (χ1v) is 7.20. The molecule has 2 N–H and O–H groups in total. The molecule has 94 valence electrons. The zero-order valence-corrected chi connectivity index (χ0v) is 11.0. The summed E-state index contributed by atoms with van der Waals surface area (Å²) in [5.41, 5.74) is 6.32. The SMILES string of the molecule is CCC1CCC(N)C(N2CCC(C)CC2)C1. The van der Waals surface area contributed by atoms with Crippen molar-refractivity contribution < 1.29 is 0 Å². The molecule has 3 unspecified atom stereocenters. The number of hydrogen-bond acceptors (Lipinski definition) is 2. The second-order valence-corrected chi connectivity index (χ2v) is 6.04. The van der Waals surface area contributed by atoms with Gasteiger partial charge in [-0.2, -0.15) is 0 Å². The molecular formula is C14H28N2. The molecule has 0 aromatic heterocycles. The van der Waals surface area contributed by atoms with E-state index < -0.39 is 0 Å². The number of rotatable bonds is 2. The highest BCUT2D eigenvalue weighted by atomic mass is 15.2. The van der Waals surface area contributed by atoms with Gasteiger partial charge in [0.2, 0.25) is 0 Å². The molecule has 0 aromatic rings. The molecule has 16 heavy (non-hydrogen) atoms. The molecule has 1 aliphatic carbocycles. The number of hydrogen-bond donors (Lipinski definition) is 1. The van der Waals surface area contributed by atoms with Crippen molar-refractivity contribution in [3.8, 4) is 0 Å². The van der Waals surface area contributed by atoms with Gasteiger partial charge in [-0.25, -0.2) is 0 Å². The molecule has 1 heterocycles. The third kappa shape index (κ3) is 2.78. The Morgan fingerprint density at radius 1 is 1.12 bits per heavy atom. The molecule has 1 aliphatic heterocycles. The van der Waals surface area contributed by atoms with E-state index in [1.165, 1.54) is 51.6 Å². The van der Waals surface area contributed by atoms with Crippen LogP contribution >= 0.6 is 0 Å². The standard InChI is InChI=1S/C14H28N2/c1-3-12-4-5-13(15)14(10-12)16-8-6-11(2)7-9-16/h11-14H,3-10,15H2,1-2H3. The maximum absolute atomic E-state index is 6.32. The van der Waals surface area contributed by atoms with Gasteiger partial charge in [-0.15, -0.1) is 0 Å². The first-order chi connectivity index (χ1) is 7.70. The van der Waals surface area contributed by atoms with Gasteiger partial charge in [0.1, 0.15) is 0 Å². The molecule has 1 saturated heterocycles. The van der Waals surface area contributed by atoms with Gasteiger partial charge in [-0.1, -0.05) is 20.3 Å². The van der Waals surface area contributed by atoms with Crippen LogP contribution in [-0.2, 0) is 0 Å². The van der Waals surface area contributed by atoms with Gasteiger partial charge in [0.25, 0.3) is 0 Å². The molecule has 3 atom stereocenters. The predicted octanol–water partition coefficient (Wildman–Crippen LogP) is 2.62. The normalized spacial score (nSPS) is 38.8. The van der Waals surface area contributed by atoms with E-state index in [0.717, 1.165) is 11.8 Å². The van der Waals surface area contributed by atoms with Crippen molar-refractivity contribution in [2.75, 3.05) is 13.1 Å². The van der Waals surface area contributed by atoms with Crippen molar-refractivity contribution in [1.82, 2.24) is 4.90 Å². The van der Waals surface area contributed by atoms with Gasteiger partial charge >= 0.3 is 0 Å². The lowest BCUT2D eigenvalue weighted by Gasteiger charge is -2.43. The summed E-state index contributed by atoms with van der Waals surface area (Å²) in [6, 6.07) is 1.13. The lowest BCUT2D eigenvalue weighted by Crippen LogP contribution is -2.53. The van der Waals surface area contributed by atoms with Crippen LogP contribution in [0.5, 0.6) is 0 Å². The van der Waals surface area contributed by atoms with Crippen molar-refractivity contribution in [3.05, 3.63) is 0 Å². The summed E-state index contributed by atoms with van der Waals surface area (Å²) in [6.07, 6.45) is 8.05. The fraction of sp³-hybridized carbons (Fsp3) is 1.00. The summed E-state index contributed by atoms with van der Waals surface area (Å²) < 4.78 is 0. The third-order valence-corrected chi connectivity index (χ3v) is 4.84. The monoisotopic (exact) mass is 224 g/mol. The topological polar surface area (TPSA) is 29.3 Å². The minimum atomic E-state index is 0.441. The smallest absolute Gasteiger partial charge is 0.0249 e. The van der Waals surface area contributed by atoms with Crippen LogP contribution in [0.3, 0.4) is 0 Å². The van der Waals surface area contributed by atoms with E-state index in [4.69, 9.17) is 5.73 Å². The van der Waals surface area contributed by atoms with E-state index in [2.05, 4.69) is 18.7 Å². The maximum atomic E-state index is 6.32. The van der Waals surface area contributed by atoms with Crippen LogP contribution < -0.4 is 5.73 Å². The van der Waals surface area contributed by atoms with Gasteiger partial charge in [0.15, 0.2) is 0 Å². The fourth-order valence-corrected chi connectivity index (χ4v) is 3.41. The largest absolute Gasteiger partial charge is 0.326 e. The molecule has 2 aliphatic rings. The highest BCUT2D eigenvalue weighted by Gasteiger charge is 2.32. The van der Waals surface area contributed by atoms with Gasteiger partial charge < -0.3 is 5.73 Å². The minimum absolute atomic E-state index is 0.441. The summed E-state index contributed by atoms with van der Waals surface area (Å²) >= 11 is 0. The summed E-state index contributed by atoms with van der Waals surface area (Å²) in [5, 5.41) is 0. The molecule has 1 saturated carbocycles. The summed E-state index contributed by atoms with van der Waals surface area (Å²) in [5.74, 6) is 1.86. The summed E-state index contributed by atoms with van der Waals surface area (Å²) in [7, 11) is 0. The molecule has 0 amide bonds. The van der Waals surface area contributed by atoms with E-state index in [-0.39, 0.29) is 0 Å². The average Bonchev–Trinajstić information content (AvgIpc) is 2.31. The van der Waals surface area contributed by atoms with Crippen molar-refractivity contribution in [1.29, 1.82) is 0 Å². The number of nitrogens with two attached hydrogens (primary N) is 1. The van der Waals surface area contributed by atoms with E-state index in [1.807, 2.05) is 0 Å². The highest BCUT2D eigenvalue weighted by molar-refractivity contribution is 4.90. The molecule has 2 rings (SSSR count). The van der Waals surface area contributed by atoms with Crippen LogP contribution in [0.4, 0.5) is 0 Å². The lowest BCUT2D eigenvalue weighted by molar-refractivity contribution is 0.0781. The number of piperidine rings is 1. The Morgan fingerprint density at radius 3 is 2.44 bits per heavy atom. The van der Waals surface area contributed by atoms with Crippen molar-refractivity contribution in [2.24, 2.45) is 17.6 Å². The van der Waals surface area contributed by atoms with Gasteiger partial charge in [0.05, 0.1) is 0 Å². The minimum Gasteiger partial charge on any atom is -0.326 e. The van der Waals surface area contributed by atoms with Crippen LogP contribution in [0.1, 0.15) is 52.4 Å². The molecule has 0 spiro atoms. The van der Waals surface area contributed by atoms with Crippen molar-refractivity contribution in [3.63, 3.8) is 0 Å². The first-order valence-electron chi connectivity index (χ1n) is 7.20. The fourth-order valence-electron chi connectivity index (χ4n) is 3.41. The van der Waals surface area contributed by atoms with Crippen molar-refractivity contribution >= 4 is 0 Å². The second-order valence-electron chi connectivity index (χ2n) is 6.04. The number of likely N-dealkylation sites (tertiary alicyclic amines) is 1. The summed E-state index contributed by atoms with van der Waals surface area (Å²) in [6.45, 7) is 7.29. The van der Waals surface area contributed by atoms with Gasteiger partial charge in [-0.3, -0.25) is 4.90 Å².